The molecule has 2 fully saturated rings. The van der Waals surface area contributed by atoms with Gasteiger partial charge in [-0.2, -0.15) is 0 Å². The Morgan fingerprint density at radius 1 is 0.939 bits per heavy atom. The highest BCUT2D eigenvalue weighted by molar-refractivity contribution is 5.78. The topological polar surface area (TPSA) is 76.2 Å². The number of carbonyl (C=O) groups is 3. The number of ketones is 1. The minimum absolute atomic E-state index is 0.0365. The maximum absolute atomic E-state index is 14.1. The van der Waals surface area contributed by atoms with Crippen molar-refractivity contribution in [3.63, 3.8) is 0 Å². The van der Waals surface area contributed by atoms with Crippen LogP contribution in [0.25, 0.3) is 0 Å². The lowest BCUT2D eigenvalue weighted by Gasteiger charge is -2.60. The highest BCUT2D eigenvalue weighted by Crippen LogP contribution is 2.64. The quantitative estimate of drug-likeness (QED) is 0.0970. The van der Waals surface area contributed by atoms with Crippen molar-refractivity contribution in [2.24, 2.45) is 11.8 Å². The fourth-order valence-electron chi connectivity index (χ4n) is 9.89. The molecule has 2 aromatic rings. The van der Waals surface area contributed by atoms with E-state index in [2.05, 4.69) is 60.0 Å². The molecule has 5 atom stereocenters. The Labute approximate surface area is 294 Å². The number of likely N-dealkylation sites (tertiary alicyclic amines) is 1. The van der Waals surface area contributed by atoms with E-state index in [4.69, 9.17) is 9.47 Å². The molecular formula is C42H58N2O5. The van der Waals surface area contributed by atoms with Crippen LogP contribution in [0.3, 0.4) is 0 Å². The van der Waals surface area contributed by atoms with E-state index in [9.17, 15) is 14.4 Å². The number of ether oxygens (including phenoxy) is 2. The van der Waals surface area contributed by atoms with Crippen molar-refractivity contribution in [1.82, 2.24) is 9.80 Å². The summed E-state index contributed by atoms with van der Waals surface area (Å²) in [5.41, 5.74) is 3.63. The third kappa shape index (κ3) is 7.62. The Morgan fingerprint density at radius 3 is 2.35 bits per heavy atom. The fourth-order valence-corrected chi connectivity index (χ4v) is 9.89. The first-order valence-corrected chi connectivity index (χ1v) is 19.3. The van der Waals surface area contributed by atoms with Crippen LogP contribution in [-0.4, -0.2) is 65.3 Å². The van der Waals surface area contributed by atoms with Crippen molar-refractivity contribution >= 4 is 17.7 Å². The first-order chi connectivity index (χ1) is 23.7. The number of esters is 1. The van der Waals surface area contributed by atoms with Gasteiger partial charge in [0.05, 0.1) is 12.6 Å². The molecular weight excluding hydrogens is 612 g/mol. The lowest BCUT2D eigenvalue weighted by atomic mass is 9.51. The zero-order valence-corrected chi connectivity index (χ0v) is 30.4. The molecule has 4 aliphatic rings. The SMILES string of the molecule is CC(=O)CN1CC[C@]23c4c5ccc(OC(C)=O)c4O[C@H]2[C@H](N(CC(C)C)C(=O)CCCCCCCCCCc2ccccc2)CC[C@H]3[C@H]1C5. The number of piperidine rings is 1. The molecule has 1 saturated heterocycles. The Hall–Kier alpha value is -3.19. The lowest BCUT2D eigenvalue weighted by molar-refractivity contribution is -0.144. The summed E-state index contributed by atoms with van der Waals surface area (Å²) in [5.74, 6) is 1.97. The molecule has 0 aromatic heterocycles. The minimum Gasteiger partial charge on any atom is -0.483 e. The van der Waals surface area contributed by atoms with Crippen molar-refractivity contribution in [3.05, 3.63) is 59.2 Å². The van der Waals surface area contributed by atoms with Gasteiger partial charge in [0.1, 0.15) is 11.9 Å². The summed E-state index contributed by atoms with van der Waals surface area (Å²) in [5, 5.41) is 0. The number of hydrogen-bond acceptors (Lipinski definition) is 6. The molecule has 2 aromatic carbocycles. The van der Waals surface area contributed by atoms with Gasteiger partial charge in [-0.3, -0.25) is 19.3 Å². The molecule has 0 radical (unpaired) electrons. The van der Waals surface area contributed by atoms with Gasteiger partial charge >= 0.3 is 5.97 Å². The lowest BCUT2D eigenvalue weighted by Crippen LogP contribution is -2.69. The van der Waals surface area contributed by atoms with E-state index in [0.717, 1.165) is 45.1 Å². The molecule has 0 N–H and O–H groups in total. The Balaban J connectivity index is 1.10. The molecule has 1 spiro atoms. The normalized spacial score (nSPS) is 25.1. The van der Waals surface area contributed by atoms with Crippen molar-refractivity contribution in [2.45, 2.75) is 141 Å². The van der Waals surface area contributed by atoms with E-state index in [1.54, 1.807) is 6.92 Å². The summed E-state index contributed by atoms with van der Waals surface area (Å²) in [6.07, 6.45) is 14.7. The second-order valence-corrected chi connectivity index (χ2v) is 15.8. The van der Waals surface area contributed by atoms with E-state index in [-0.39, 0.29) is 41.3 Å². The molecule has 1 saturated carbocycles. The van der Waals surface area contributed by atoms with Gasteiger partial charge in [-0.05, 0) is 87.4 Å². The van der Waals surface area contributed by atoms with Gasteiger partial charge in [-0.15, -0.1) is 0 Å². The van der Waals surface area contributed by atoms with Gasteiger partial charge in [-0.25, -0.2) is 0 Å². The van der Waals surface area contributed by atoms with E-state index in [0.29, 0.717) is 42.8 Å². The van der Waals surface area contributed by atoms with Crippen LogP contribution in [0.1, 0.15) is 121 Å². The number of Topliss-reactive ketones (excluding diaryl/α,β-unsaturated/α-hetero) is 1. The summed E-state index contributed by atoms with van der Waals surface area (Å²) in [6, 6.07) is 15.0. The van der Waals surface area contributed by atoms with Crippen LogP contribution in [0.5, 0.6) is 11.5 Å². The summed E-state index contributed by atoms with van der Waals surface area (Å²) in [4.78, 5) is 43.2. The number of hydrogen-bond donors (Lipinski definition) is 0. The van der Waals surface area contributed by atoms with E-state index in [1.807, 2.05) is 6.07 Å². The zero-order chi connectivity index (χ0) is 34.5. The van der Waals surface area contributed by atoms with Crippen LogP contribution < -0.4 is 9.47 Å². The molecule has 0 unspecified atom stereocenters. The number of aryl methyl sites for hydroxylation is 1. The number of unbranched alkanes of at least 4 members (excludes halogenated alkanes) is 7. The molecule has 2 aliphatic heterocycles. The number of amides is 1. The molecule has 1 amide bonds. The summed E-state index contributed by atoms with van der Waals surface area (Å²) in [7, 11) is 0. The highest BCUT2D eigenvalue weighted by Gasteiger charge is 2.66. The van der Waals surface area contributed by atoms with Crippen molar-refractivity contribution in [2.75, 3.05) is 19.6 Å². The summed E-state index contributed by atoms with van der Waals surface area (Å²) >= 11 is 0. The standard InChI is InChI=1S/C42H58N2O5/c1-29(2)27-44(38(47)19-15-10-8-6-5-7-9-12-16-32-17-13-11-14-18-32)35-22-21-34-36-26-33-20-23-37(48-31(4)46)40-39(33)42(34,41(35)49-40)24-25-43(36)28-30(3)45/h11,13-14,17-18,20,23,29,34-36,41H,5-10,12,15-16,19,21-22,24-28H2,1-4H3/t34-,35+,36+,41-,42-/m0/s1. The molecule has 49 heavy (non-hydrogen) atoms. The molecule has 6 rings (SSSR count). The van der Waals surface area contributed by atoms with Gasteiger partial charge in [-0.1, -0.05) is 88.8 Å². The average Bonchev–Trinajstić information content (AvgIpc) is 3.42. The number of carbonyl (C=O) groups excluding carboxylic acids is 3. The van der Waals surface area contributed by atoms with Crippen LogP contribution in [0, 0.1) is 11.8 Å². The fraction of sp³-hybridized carbons (Fsp3) is 0.643. The van der Waals surface area contributed by atoms with E-state index in [1.165, 1.54) is 68.6 Å². The Morgan fingerprint density at radius 2 is 1.65 bits per heavy atom. The van der Waals surface area contributed by atoms with Crippen LogP contribution in [0.15, 0.2) is 42.5 Å². The summed E-state index contributed by atoms with van der Waals surface area (Å²) in [6.45, 7) is 9.54. The van der Waals surface area contributed by atoms with Crippen LogP contribution in [-0.2, 0) is 32.6 Å². The van der Waals surface area contributed by atoms with Gasteiger partial charge in [0.2, 0.25) is 5.91 Å². The molecule has 266 valence electrons. The highest BCUT2D eigenvalue weighted by atomic mass is 16.6. The van der Waals surface area contributed by atoms with Gasteiger partial charge in [0, 0.05) is 36.9 Å². The van der Waals surface area contributed by atoms with Crippen molar-refractivity contribution in [3.8, 4) is 11.5 Å². The predicted molar refractivity (Wildman–Crippen MR) is 193 cm³/mol. The first kappa shape index (κ1) is 35.6. The monoisotopic (exact) mass is 670 g/mol. The Bertz CT molecular complexity index is 1470. The van der Waals surface area contributed by atoms with Crippen LogP contribution in [0.2, 0.25) is 0 Å². The second kappa shape index (κ2) is 15.8. The van der Waals surface area contributed by atoms with E-state index >= 15 is 0 Å². The van der Waals surface area contributed by atoms with E-state index < -0.39 is 0 Å². The van der Waals surface area contributed by atoms with Crippen LogP contribution in [0.4, 0.5) is 0 Å². The predicted octanol–water partition coefficient (Wildman–Crippen LogP) is 7.85. The second-order valence-electron chi connectivity index (χ2n) is 15.8. The molecule has 7 heteroatoms. The van der Waals surface area contributed by atoms with Crippen molar-refractivity contribution < 1.29 is 23.9 Å². The summed E-state index contributed by atoms with van der Waals surface area (Å²) < 4.78 is 12.7. The van der Waals surface area contributed by atoms with Gasteiger partial charge < -0.3 is 14.4 Å². The zero-order valence-electron chi connectivity index (χ0n) is 30.4. The van der Waals surface area contributed by atoms with Crippen LogP contribution >= 0.6 is 0 Å². The molecule has 2 heterocycles. The minimum atomic E-state index is -0.357. The smallest absolute Gasteiger partial charge is 0.308 e. The maximum atomic E-state index is 14.1. The Kier molecular flexibility index (Phi) is 11.5. The third-order valence-electron chi connectivity index (χ3n) is 11.8. The number of rotatable bonds is 17. The molecule has 7 nitrogen and oxygen atoms in total. The third-order valence-corrected chi connectivity index (χ3v) is 11.8. The average molecular weight is 671 g/mol. The van der Waals surface area contributed by atoms with Crippen molar-refractivity contribution in [1.29, 1.82) is 0 Å². The van der Waals surface area contributed by atoms with Gasteiger partial charge in [0.25, 0.3) is 0 Å². The number of nitrogens with zero attached hydrogens (tertiary/aromatic N) is 2. The maximum Gasteiger partial charge on any atom is 0.308 e. The molecule has 2 bridgehead atoms. The largest absolute Gasteiger partial charge is 0.483 e. The molecule has 2 aliphatic carbocycles. The number of benzene rings is 2. The van der Waals surface area contributed by atoms with Gasteiger partial charge in [0.15, 0.2) is 11.5 Å². The first-order valence-electron chi connectivity index (χ1n) is 19.3.